The van der Waals surface area contributed by atoms with Crippen LogP contribution in [0.1, 0.15) is 26.3 Å². The van der Waals surface area contributed by atoms with Gasteiger partial charge in [0.25, 0.3) is 0 Å². The molecule has 2 aromatic rings. The van der Waals surface area contributed by atoms with Crippen molar-refractivity contribution in [2.45, 2.75) is 37.8 Å². The SMILES string of the molecule is COc1ncc(-c2cc([C@@]3(C)N=C(N)COC(C)(C)C3(F)F)c(F)cc2F)cn1. The van der Waals surface area contributed by atoms with Gasteiger partial charge in [-0.05, 0) is 26.8 Å². The number of nitrogens with two attached hydrogens (primary N) is 1. The second kappa shape index (κ2) is 6.94. The zero-order valence-corrected chi connectivity index (χ0v) is 16.3. The third kappa shape index (κ3) is 3.31. The van der Waals surface area contributed by atoms with Crippen molar-refractivity contribution in [2.75, 3.05) is 13.7 Å². The second-order valence-corrected chi connectivity index (χ2v) is 7.32. The summed E-state index contributed by atoms with van der Waals surface area (Å²) in [7, 11) is 1.35. The number of amidine groups is 1. The van der Waals surface area contributed by atoms with Crippen LogP contribution in [0.25, 0.3) is 11.1 Å². The van der Waals surface area contributed by atoms with Crippen molar-refractivity contribution in [3.8, 4) is 17.1 Å². The molecule has 1 aromatic heterocycles. The average Bonchev–Trinajstić information content (AvgIpc) is 2.71. The number of nitrogens with zero attached hydrogens (tertiary/aromatic N) is 3. The van der Waals surface area contributed by atoms with Gasteiger partial charge < -0.3 is 15.2 Å². The Bertz CT molecular complexity index is 963. The maximum Gasteiger partial charge on any atom is 0.316 e. The molecule has 3 rings (SSSR count). The van der Waals surface area contributed by atoms with E-state index in [0.717, 1.165) is 13.0 Å². The molecule has 0 saturated heterocycles. The van der Waals surface area contributed by atoms with Crippen LogP contribution in [-0.2, 0) is 10.3 Å². The lowest BCUT2D eigenvalue weighted by atomic mass is 9.77. The third-order valence-corrected chi connectivity index (χ3v) is 5.02. The van der Waals surface area contributed by atoms with Crippen LogP contribution < -0.4 is 10.5 Å². The van der Waals surface area contributed by atoms with Crippen LogP contribution in [-0.4, -0.2) is 41.0 Å². The summed E-state index contributed by atoms with van der Waals surface area (Å²) in [5, 5.41) is 0. The molecule has 6 nitrogen and oxygen atoms in total. The zero-order valence-electron chi connectivity index (χ0n) is 16.3. The molecule has 1 aromatic carbocycles. The molecule has 2 heterocycles. The number of halogens is 4. The van der Waals surface area contributed by atoms with Gasteiger partial charge in [-0.3, -0.25) is 4.99 Å². The van der Waals surface area contributed by atoms with Gasteiger partial charge in [0.05, 0.1) is 7.11 Å². The lowest BCUT2D eigenvalue weighted by molar-refractivity contribution is -0.214. The third-order valence-electron chi connectivity index (χ3n) is 5.02. The van der Waals surface area contributed by atoms with Gasteiger partial charge in [-0.25, -0.2) is 27.5 Å². The molecule has 10 heteroatoms. The predicted octanol–water partition coefficient (Wildman–Crippen LogP) is 3.45. The van der Waals surface area contributed by atoms with Crippen molar-refractivity contribution in [3.05, 3.63) is 41.7 Å². The number of methoxy groups -OCH3 is 1. The highest BCUT2D eigenvalue weighted by molar-refractivity contribution is 5.82. The first kappa shape index (κ1) is 21.0. The van der Waals surface area contributed by atoms with Gasteiger partial charge in [-0.2, -0.15) is 0 Å². The molecule has 29 heavy (non-hydrogen) atoms. The van der Waals surface area contributed by atoms with E-state index < -0.39 is 34.3 Å². The Labute approximate surface area is 164 Å². The molecular weight excluding hydrogens is 392 g/mol. The summed E-state index contributed by atoms with van der Waals surface area (Å²) in [6.45, 7) is 3.03. The van der Waals surface area contributed by atoms with Crippen LogP contribution in [0.15, 0.2) is 29.5 Å². The van der Waals surface area contributed by atoms with Crippen LogP contribution in [0.2, 0.25) is 0 Å². The van der Waals surface area contributed by atoms with E-state index in [9.17, 15) is 8.78 Å². The Morgan fingerprint density at radius 2 is 1.69 bits per heavy atom. The fourth-order valence-electron chi connectivity index (χ4n) is 3.25. The molecule has 1 aliphatic heterocycles. The minimum atomic E-state index is -3.69. The summed E-state index contributed by atoms with van der Waals surface area (Å²) in [4.78, 5) is 11.6. The summed E-state index contributed by atoms with van der Waals surface area (Å²) in [6, 6.07) is 1.54. The van der Waals surface area contributed by atoms with Crippen molar-refractivity contribution >= 4 is 5.84 Å². The van der Waals surface area contributed by atoms with Crippen molar-refractivity contribution in [2.24, 2.45) is 10.7 Å². The smallest absolute Gasteiger partial charge is 0.316 e. The minimum absolute atomic E-state index is 0.0371. The molecule has 0 bridgehead atoms. The number of benzene rings is 1. The van der Waals surface area contributed by atoms with Crippen molar-refractivity contribution in [1.82, 2.24) is 9.97 Å². The zero-order chi connectivity index (χ0) is 21.6. The molecule has 1 aliphatic rings. The predicted molar refractivity (Wildman–Crippen MR) is 97.9 cm³/mol. The Kier molecular flexibility index (Phi) is 5.02. The molecule has 2 N–H and O–H groups in total. The summed E-state index contributed by atoms with van der Waals surface area (Å²) in [6.07, 6.45) is 2.48. The number of aromatic nitrogens is 2. The number of ether oxygens (including phenoxy) is 2. The molecule has 0 unspecified atom stereocenters. The fourth-order valence-corrected chi connectivity index (χ4v) is 3.25. The highest BCUT2D eigenvalue weighted by atomic mass is 19.3. The Balaban J connectivity index is 2.24. The van der Waals surface area contributed by atoms with Crippen LogP contribution in [0.5, 0.6) is 6.01 Å². The standard InChI is InChI=1S/C19H20F4N4O2/c1-17(2)19(22,23)18(3,27-15(24)9-29-17)12-5-11(13(20)6-14(12)21)10-7-25-16(28-4)26-8-10/h5-8H,9H2,1-4H3,(H2,24,27)/t18-/m1/s1. The van der Waals surface area contributed by atoms with Crippen LogP contribution >= 0.6 is 0 Å². The molecule has 0 amide bonds. The lowest BCUT2D eigenvalue weighted by Crippen LogP contribution is -2.56. The summed E-state index contributed by atoms with van der Waals surface area (Å²) in [5.74, 6) is -6.06. The first-order valence-corrected chi connectivity index (χ1v) is 8.65. The van der Waals surface area contributed by atoms with Gasteiger partial charge in [0.2, 0.25) is 0 Å². The van der Waals surface area contributed by atoms with E-state index in [-0.39, 0.29) is 29.6 Å². The van der Waals surface area contributed by atoms with Crippen molar-refractivity contribution in [1.29, 1.82) is 0 Å². The fraction of sp³-hybridized carbons (Fsp3) is 0.421. The maximum absolute atomic E-state index is 15.5. The van der Waals surface area contributed by atoms with Crippen LogP contribution in [0, 0.1) is 11.6 Å². The van der Waals surface area contributed by atoms with Crippen molar-refractivity contribution < 1.29 is 27.0 Å². The van der Waals surface area contributed by atoms with E-state index in [1.807, 2.05) is 0 Å². The van der Waals surface area contributed by atoms with Gasteiger partial charge in [-0.15, -0.1) is 0 Å². The lowest BCUT2D eigenvalue weighted by Gasteiger charge is -2.42. The number of hydrogen-bond donors (Lipinski definition) is 1. The molecule has 0 spiro atoms. The molecular formula is C19H20F4N4O2. The molecule has 156 valence electrons. The highest BCUT2D eigenvalue weighted by Gasteiger charge is 2.64. The van der Waals surface area contributed by atoms with E-state index in [0.29, 0.717) is 6.07 Å². The van der Waals surface area contributed by atoms with Gasteiger partial charge in [-0.1, -0.05) is 0 Å². The number of alkyl halides is 2. The summed E-state index contributed by atoms with van der Waals surface area (Å²) >= 11 is 0. The Morgan fingerprint density at radius 3 is 2.28 bits per heavy atom. The minimum Gasteiger partial charge on any atom is -0.467 e. The molecule has 0 radical (unpaired) electrons. The Morgan fingerprint density at radius 1 is 1.07 bits per heavy atom. The van der Waals surface area contributed by atoms with Crippen LogP contribution in [0.3, 0.4) is 0 Å². The largest absolute Gasteiger partial charge is 0.467 e. The van der Waals surface area contributed by atoms with Gasteiger partial charge in [0.1, 0.15) is 29.7 Å². The maximum atomic E-state index is 15.5. The monoisotopic (exact) mass is 412 g/mol. The summed E-state index contributed by atoms with van der Waals surface area (Å²) in [5.41, 5.74) is 0.698. The van der Waals surface area contributed by atoms with Crippen molar-refractivity contribution in [3.63, 3.8) is 0 Å². The van der Waals surface area contributed by atoms with Gasteiger partial charge in [0.15, 0.2) is 5.54 Å². The summed E-state index contributed by atoms with van der Waals surface area (Å²) < 4.78 is 70.3. The average molecular weight is 412 g/mol. The van der Waals surface area contributed by atoms with Gasteiger partial charge >= 0.3 is 11.9 Å². The molecule has 0 fully saturated rings. The normalized spacial score (nSPS) is 23.2. The molecule has 0 saturated carbocycles. The number of aliphatic imine (C=N–C) groups is 1. The topological polar surface area (TPSA) is 82.6 Å². The van der Waals surface area contributed by atoms with E-state index >= 15 is 8.78 Å². The second-order valence-electron chi connectivity index (χ2n) is 7.32. The Hall–Kier alpha value is -2.75. The van der Waals surface area contributed by atoms with Gasteiger partial charge in [0, 0.05) is 35.2 Å². The van der Waals surface area contributed by atoms with E-state index in [1.54, 1.807) is 0 Å². The molecule has 0 aliphatic carbocycles. The highest BCUT2D eigenvalue weighted by Crippen LogP contribution is 2.51. The van der Waals surface area contributed by atoms with E-state index in [1.165, 1.54) is 33.4 Å². The number of hydrogen-bond acceptors (Lipinski definition) is 6. The molecule has 1 atom stereocenters. The van der Waals surface area contributed by atoms with Crippen LogP contribution in [0.4, 0.5) is 17.6 Å². The van der Waals surface area contributed by atoms with E-state index in [2.05, 4.69) is 15.0 Å². The first-order valence-electron chi connectivity index (χ1n) is 8.65. The quantitative estimate of drug-likeness (QED) is 0.781. The number of rotatable bonds is 3. The first-order chi connectivity index (χ1) is 13.4. The van der Waals surface area contributed by atoms with E-state index in [4.69, 9.17) is 15.2 Å².